The minimum atomic E-state index is -0.541. The molecule has 2 aromatic carbocycles. The number of halogens is 1. The van der Waals surface area contributed by atoms with Gasteiger partial charge in [-0.3, -0.25) is 0 Å². The van der Waals surface area contributed by atoms with Crippen LogP contribution in [0.2, 0.25) is 5.02 Å². The lowest BCUT2D eigenvalue weighted by Gasteiger charge is -2.40. The summed E-state index contributed by atoms with van der Waals surface area (Å²) in [5, 5.41) is 3.34. The fraction of sp³-hybridized carbons (Fsp3) is 0.462. The Hall–Kier alpha value is -2.57. The van der Waals surface area contributed by atoms with Crippen LogP contribution in [-0.2, 0) is 11.3 Å². The molecule has 0 bridgehead atoms. The second-order valence-electron chi connectivity index (χ2n) is 8.63. The lowest BCUT2D eigenvalue weighted by molar-refractivity contribution is 0.0602. The number of amides is 2. The molecule has 1 heterocycles. The molecule has 0 radical (unpaired) electrons. The zero-order valence-electron chi connectivity index (χ0n) is 19.7. The molecule has 7 heteroatoms. The van der Waals surface area contributed by atoms with Crippen molar-refractivity contribution in [2.45, 2.75) is 58.2 Å². The molecule has 1 atom stereocenters. The van der Waals surface area contributed by atoms with Crippen molar-refractivity contribution < 1.29 is 14.3 Å². The molecule has 2 amide bonds. The predicted octanol–water partition coefficient (Wildman–Crippen LogP) is 5.81. The molecule has 6 nitrogen and oxygen atoms in total. The normalized spacial score (nSPS) is 15.6. The molecule has 1 fully saturated rings. The highest BCUT2D eigenvalue weighted by Crippen LogP contribution is 2.25. The summed E-state index contributed by atoms with van der Waals surface area (Å²) < 4.78 is 4.87. The number of hydrogen-bond donors (Lipinski definition) is 1. The maximum Gasteiger partial charge on any atom is 0.340 e. The maximum absolute atomic E-state index is 13.5. The van der Waals surface area contributed by atoms with Gasteiger partial charge in [-0.1, -0.05) is 55.3 Å². The van der Waals surface area contributed by atoms with Gasteiger partial charge in [0, 0.05) is 36.7 Å². The van der Waals surface area contributed by atoms with E-state index >= 15 is 0 Å². The van der Waals surface area contributed by atoms with Crippen molar-refractivity contribution in [2.24, 2.45) is 0 Å². The Morgan fingerprint density at radius 3 is 2.52 bits per heavy atom. The fourth-order valence-electron chi connectivity index (χ4n) is 4.48. The van der Waals surface area contributed by atoms with E-state index in [1.54, 1.807) is 12.1 Å². The summed E-state index contributed by atoms with van der Waals surface area (Å²) in [6, 6.07) is 15.2. The van der Waals surface area contributed by atoms with E-state index in [0.29, 0.717) is 23.3 Å². The number of likely N-dealkylation sites (tertiary alicyclic amines) is 1. The predicted molar refractivity (Wildman–Crippen MR) is 133 cm³/mol. The van der Waals surface area contributed by atoms with Gasteiger partial charge in [-0.25, -0.2) is 9.59 Å². The van der Waals surface area contributed by atoms with Gasteiger partial charge in [-0.05, 0) is 49.9 Å². The second-order valence-corrected chi connectivity index (χ2v) is 9.07. The summed E-state index contributed by atoms with van der Waals surface area (Å²) in [4.78, 5) is 30.1. The molecule has 1 N–H and O–H groups in total. The van der Waals surface area contributed by atoms with Gasteiger partial charge in [0.1, 0.15) is 0 Å². The fourth-order valence-corrected chi connectivity index (χ4v) is 4.65. The number of anilines is 1. The molecule has 33 heavy (non-hydrogen) atoms. The average Bonchev–Trinajstić information content (AvgIpc) is 2.84. The lowest BCUT2D eigenvalue weighted by atomic mass is 10.00. The first-order valence-electron chi connectivity index (χ1n) is 11.7. The van der Waals surface area contributed by atoms with E-state index < -0.39 is 5.97 Å². The third kappa shape index (κ3) is 6.71. The van der Waals surface area contributed by atoms with Gasteiger partial charge < -0.3 is 19.9 Å². The molecule has 1 aliphatic rings. The zero-order valence-corrected chi connectivity index (χ0v) is 20.5. The van der Waals surface area contributed by atoms with Gasteiger partial charge >= 0.3 is 12.0 Å². The number of esters is 1. The number of nitrogens with one attached hydrogen (secondary N) is 1. The lowest BCUT2D eigenvalue weighted by Crippen LogP contribution is -2.50. The Bertz CT molecular complexity index is 930. The molecule has 0 aliphatic carbocycles. The molecule has 0 spiro atoms. The van der Waals surface area contributed by atoms with Gasteiger partial charge in [-0.2, -0.15) is 0 Å². The quantitative estimate of drug-likeness (QED) is 0.493. The largest absolute Gasteiger partial charge is 0.465 e. The molecule has 0 aromatic heterocycles. The summed E-state index contributed by atoms with van der Waals surface area (Å²) in [6.07, 6.45) is 4.19. The smallest absolute Gasteiger partial charge is 0.340 e. The SMILES string of the molecule is CCCC(C)N1CCC(N(Cc2ccccc2)C(=O)Nc2ccc(Cl)cc2C(=O)OC)CC1. The first-order chi connectivity index (χ1) is 15.9. The second kappa shape index (κ2) is 12.1. The molecule has 3 rings (SSSR count). The molecule has 1 saturated heterocycles. The van der Waals surface area contributed by atoms with Crippen molar-refractivity contribution >= 4 is 29.3 Å². The molecule has 1 unspecified atom stereocenters. The van der Waals surface area contributed by atoms with Crippen molar-refractivity contribution in [3.63, 3.8) is 0 Å². The number of piperidine rings is 1. The summed E-state index contributed by atoms with van der Waals surface area (Å²) >= 11 is 6.07. The summed E-state index contributed by atoms with van der Waals surface area (Å²) in [7, 11) is 1.31. The van der Waals surface area contributed by atoms with Crippen LogP contribution in [0.15, 0.2) is 48.5 Å². The van der Waals surface area contributed by atoms with E-state index in [0.717, 1.165) is 31.5 Å². The van der Waals surface area contributed by atoms with Crippen molar-refractivity contribution in [1.82, 2.24) is 9.80 Å². The highest BCUT2D eigenvalue weighted by atomic mass is 35.5. The third-order valence-corrected chi connectivity index (χ3v) is 6.59. The number of carbonyl (C=O) groups is 2. The molecule has 0 saturated carbocycles. The van der Waals surface area contributed by atoms with E-state index in [1.165, 1.54) is 26.0 Å². The molecule has 1 aliphatic heterocycles. The Morgan fingerprint density at radius 2 is 1.88 bits per heavy atom. The molecule has 2 aromatic rings. The highest BCUT2D eigenvalue weighted by molar-refractivity contribution is 6.31. The topological polar surface area (TPSA) is 61.9 Å². The Labute approximate surface area is 201 Å². The Morgan fingerprint density at radius 1 is 1.18 bits per heavy atom. The van der Waals surface area contributed by atoms with Crippen LogP contribution in [0.5, 0.6) is 0 Å². The number of nitrogens with zero attached hydrogens (tertiary/aromatic N) is 2. The first-order valence-corrected chi connectivity index (χ1v) is 12.0. The van der Waals surface area contributed by atoms with Crippen LogP contribution in [0.25, 0.3) is 0 Å². The van der Waals surface area contributed by atoms with Crippen LogP contribution < -0.4 is 5.32 Å². The van der Waals surface area contributed by atoms with Crippen LogP contribution in [0.3, 0.4) is 0 Å². The maximum atomic E-state index is 13.5. The van der Waals surface area contributed by atoms with Crippen molar-refractivity contribution in [2.75, 3.05) is 25.5 Å². The minimum absolute atomic E-state index is 0.115. The third-order valence-electron chi connectivity index (χ3n) is 6.35. The number of ether oxygens (including phenoxy) is 1. The zero-order chi connectivity index (χ0) is 23.8. The summed E-state index contributed by atoms with van der Waals surface area (Å²) in [5.74, 6) is -0.541. The summed E-state index contributed by atoms with van der Waals surface area (Å²) in [5.41, 5.74) is 1.70. The molecular formula is C26H34ClN3O3. The molecular weight excluding hydrogens is 438 g/mol. The van der Waals surface area contributed by atoms with E-state index in [2.05, 4.69) is 24.1 Å². The average molecular weight is 472 g/mol. The number of hydrogen-bond acceptors (Lipinski definition) is 4. The number of urea groups is 1. The number of benzene rings is 2. The van der Waals surface area contributed by atoms with Crippen molar-refractivity contribution in [1.29, 1.82) is 0 Å². The van der Waals surface area contributed by atoms with Gasteiger partial charge in [0.05, 0.1) is 18.4 Å². The van der Waals surface area contributed by atoms with Crippen molar-refractivity contribution in [3.8, 4) is 0 Å². The van der Waals surface area contributed by atoms with Crippen LogP contribution >= 0.6 is 11.6 Å². The summed E-state index contributed by atoms with van der Waals surface area (Å²) in [6.45, 7) is 6.95. The Balaban J connectivity index is 1.79. The van der Waals surface area contributed by atoms with Crippen LogP contribution in [0.4, 0.5) is 10.5 Å². The number of methoxy groups -OCH3 is 1. The number of rotatable bonds is 8. The van der Waals surface area contributed by atoms with Crippen molar-refractivity contribution in [3.05, 3.63) is 64.7 Å². The van der Waals surface area contributed by atoms with E-state index in [9.17, 15) is 9.59 Å². The monoisotopic (exact) mass is 471 g/mol. The van der Waals surface area contributed by atoms with Gasteiger partial charge in [0.15, 0.2) is 0 Å². The standard InChI is InChI=1S/C26H34ClN3O3/c1-4-8-19(2)29-15-13-22(14-16-29)30(18-20-9-6-5-7-10-20)26(32)28-24-12-11-21(27)17-23(24)25(31)33-3/h5-7,9-12,17,19,22H,4,8,13-16,18H2,1-3H3,(H,28,32). The first kappa shape index (κ1) is 25.1. The van der Waals surface area contributed by atoms with Crippen LogP contribution in [0.1, 0.15) is 55.5 Å². The van der Waals surface area contributed by atoms with E-state index in [1.807, 2.05) is 35.2 Å². The number of carbonyl (C=O) groups excluding carboxylic acids is 2. The van der Waals surface area contributed by atoms with Gasteiger partial charge in [0.2, 0.25) is 0 Å². The minimum Gasteiger partial charge on any atom is -0.465 e. The van der Waals surface area contributed by atoms with Crippen LogP contribution in [0, 0.1) is 0 Å². The van der Waals surface area contributed by atoms with E-state index in [-0.39, 0.29) is 17.6 Å². The highest BCUT2D eigenvalue weighted by Gasteiger charge is 2.30. The Kier molecular flexibility index (Phi) is 9.15. The van der Waals surface area contributed by atoms with Crippen LogP contribution in [-0.4, -0.2) is 54.1 Å². The van der Waals surface area contributed by atoms with Gasteiger partial charge in [-0.15, -0.1) is 0 Å². The van der Waals surface area contributed by atoms with Gasteiger partial charge in [0.25, 0.3) is 0 Å². The van der Waals surface area contributed by atoms with E-state index in [4.69, 9.17) is 16.3 Å². The molecule has 178 valence electrons.